The van der Waals surface area contributed by atoms with Crippen molar-refractivity contribution < 1.29 is 5.11 Å². The van der Waals surface area contributed by atoms with Gasteiger partial charge < -0.3 is 5.11 Å². The van der Waals surface area contributed by atoms with Crippen LogP contribution in [0.3, 0.4) is 0 Å². The van der Waals surface area contributed by atoms with Crippen molar-refractivity contribution in [2.24, 2.45) is 0 Å². The lowest BCUT2D eigenvalue weighted by Gasteiger charge is -2.05. The van der Waals surface area contributed by atoms with Crippen LogP contribution in [0, 0.1) is 13.8 Å². The minimum Gasteiger partial charge on any atom is -0.392 e. The number of hydrogen-bond donors (Lipinski definition) is 1. The normalized spacial score (nSPS) is 11.1. The van der Waals surface area contributed by atoms with Crippen molar-refractivity contribution in [1.82, 2.24) is 0 Å². The molecule has 1 aromatic carbocycles. The average molecular weight is 241 g/mol. The molecule has 0 aliphatic heterocycles. The second kappa shape index (κ2) is 4.58. The third-order valence-electron chi connectivity index (χ3n) is 2.02. The fraction of sp³-hybridized carbons (Fsp3) is 0.273. The molecule has 1 aromatic rings. The lowest BCUT2D eigenvalue weighted by molar-refractivity contribution is 0.343. The zero-order valence-electron chi connectivity index (χ0n) is 7.84. The van der Waals surface area contributed by atoms with Crippen LogP contribution in [0.2, 0.25) is 0 Å². The van der Waals surface area contributed by atoms with Crippen LogP contribution in [0.15, 0.2) is 22.7 Å². The van der Waals surface area contributed by atoms with Gasteiger partial charge in [0, 0.05) is 4.47 Å². The van der Waals surface area contributed by atoms with Gasteiger partial charge in [-0.05, 0) is 30.5 Å². The molecular formula is C11H13BrO. The first kappa shape index (κ1) is 10.5. The van der Waals surface area contributed by atoms with E-state index < -0.39 is 0 Å². The van der Waals surface area contributed by atoms with Gasteiger partial charge in [0.2, 0.25) is 0 Å². The molecule has 1 rings (SSSR count). The second-order valence-corrected chi connectivity index (χ2v) is 3.79. The lowest BCUT2D eigenvalue weighted by Crippen LogP contribution is -1.86. The summed E-state index contributed by atoms with van der Waals surface area (Å²) < 4.78 is 1.15. The highest BCUT2D eigenvalue weighted by atomic mass is 79.9. The summed E-state index contributed by atoms with van der Waals surface area (Å²) in [6.45, 7) is 4.22. The molecule has 0 saturated carbocycles. The molecule has 0 radical (unpaired) electrons. The monoisotopic (exact) mass is 240 g/mol. The molecule has 13 heavy (non-hydrogen) atoms. The molecule has 0 saturated heterocycles. The molecule has 2 heteroatoms. The van der Waals surface area contributed by atoms with Crippen LogP contribution in [0.5, 0.6) is 0 Å². The van der Waals surface area contributed by atoms with Crippen LogP contribution in [-0.4, -0.2) is 11.7 Å². The minimum absolute atomic E-state index is 0.0882. The van der Waals surface area contributed by atoms with E-state index in [1.807, 2.05) is 6.08 Å². The standard InChI is InChI=1S/C11H13BrO/c1-8-5-6-10(4-3-7-13)9(2)11(8)12/h3-6,13H,7H2,1-2H3/b4-3+. The SMILES string of the molecule is Cc1ccc(/C=C/CO)c(C)c1Br. The summed E-state index contributed by atoms with van der Waals surface area (Å²) in [7, 11) is 0. The molecule has 0 bridgehead atoms. The predicted octanol–water partition coefficient (Wildman–Crippen LogP) is 3.07. The van der Waals surface area contributed by atoms with Crippen molar-refractivity contribution in [3.8, 4) is 0 Å². The molecular weight excluding hydrogens is 228 g/mol. The molecule has 0 heterocycles. The van der Waals surface area contributed by atoms with E-state index in [0.717, 1.165) is 10.0 Å². The van der Waals surface area contributed by atoms with Crippen LogP contribution in [-0.2, 0) is 0 Å². The molecule has 1 nitrogen and oxygen atoms in total. The Morgan fingerprint density at radius 1 is 1.38 bits per heavy atom. The molecule has 1 N–H and O–H groups in total. The van der Waals surface area contributed by atoms with Crippen molar-refractivity contribution in [3.05, 3.63) is 39.4 Å². The van der Waals surface area contributed by atoms with Crippen LogP contribution >= 0.6 is 15.9 Å². The fourth-order valence-corrected chi connectivity index (χ4v) is 1.56. The summed E-state index contributed by atoms with van der Waals surface area (Å²) in [5, 5.41) is 8.64. The Morgan fingerprint density at radius 3 is 2.69 bits per heavy atom. The quantitative estimate of drug-likeness (QED) is 0.843. The van der Waals surface area contributed by atoms with Gasteiger partial charge in [-0.2, -0.15) is 0 Å². The number of aliphatic hydroxyl groups excluding tert-OH is 1. The van der Waals surface area contributed by atoms with E-state index in [-0.39, 0.29) is 6.61 Å². The van der Waals surface area contributed by atoms with E-state index in [0.29, 0.717) is 0 Å². The van der Waals surface area contributed by atoms with E-state index in [4.69, 9.17) is 5.11 Å². The van der Waals surface area contributed by atoms with Gasteiger partial charge in [-0.15, -0.1) is 0 Å². The Labute approximate surface area is 87.2 Å². The van der Waals surface area contributed by atoms with E-state index in [1.54, 1.807) is 6.08 Å². The van der Waals surface area contributed by atoms with Crippen molar-refractivity contribution >= 4 is 22.0 Å². The van der Waals surface area contributed by atoms with Crippen LogP contribution < -0.4 is 0 Å². The van der Waals surface area contributed by atoms with E-state index >= 15 is 0 Å². The summed E-state index contributed by atoms with van der Waals surface area (Å²) >= 11 is 3.53. The number of benzene rings is 1. The Bertz CT molecular complexity index is 329. The topological polar surface area (TPSA) is 20.2 Å². The Morgan fingerprint density at radius 2 is 2.08 bits per heavy atom. The van der Waals surface area contributed by atoms with Crippen molar-refractivity contribution in [3.63, 3.8) is 0 Å². The molecule has 0 fully saturated rings. The molecule has 0 spiro atoms. The molecule has 0 aliphatic rings. The van der Waals surface area contributed by atoms with Crippen molar-refractivity contribution in [2.45, 2.75) is 13.8 Å². The first-order chi connectivity index (χ1) is 6.16. The summed E-state index contributed by atoms with van der Waals surface area (Å²) in [5.41, 5.74) is 3.59. The second-order valence-electron chi connectivity index (χ2n) is 3.00. The van der Waals surface area contributed by atoms with E-state index in [2.05, 4.69) is 41.9 Å². The predicted molar refractivity (Wildman–Crippen MR) is 59.7 cm³/mol. The number of hydrogen-bond acceptors (Lipinski definition) is 1. The number of halogens is 1. The molecule has 0 amide bonds. The maximum atomic E-state index is 8.64. The first-order valence-corrected chi connectivity index (χ1v) is 4.99. The van der Waals surface area contributed by atoms with Gasteiger partial charge in [0.05, 0.1) is 6.61 Å². The van der Waals surface area contributed by atoms with Crippen molar-refractivity contribution in [2.75, 3.05) is 6.61 Å². The summed E-state index contributed by atoms with van der Waals surface area (Å²) in [6, 6.07) is 4.12. The summed E-state index contributed by atoms with van der Waals surface area (Å²) in [4.78, 5) is 0. The van der Waals surface area contributed by atoms with Gasteiger partial charge in [0.15, 0.2) is 0 Å². The highest BCUT2D eigenvalue weighted by molar-refractivity contribution is 9.10. The zero-order chi connectivity index (χ0) is 9.84. The number of aliphatic hydroxyl groups is 1. The first-order valence-electron chi connectivity index (χ1n) is 4.20. The molecule has 0 unspecified atom stereocenters. The third kappa shape index (κ3) is 2.42. The minimum atomic E-state index is 0.0882. The maximum Gasteiger partial charge on any atom is 0.0615 e. The largest absolute Gasteiger partial charge is 0.392 e. The highest BCUT2D eigenvalue weighted by Crippen LogP contribution is 2.24. The summed E-state index contributed by atoms with van der Waals surface area (Å²) in [5.74, 6) is 0. The van der Waals surface area contributed by atoms with Gasteiger partial charge in [0.25, 0.3) is 0 Å². The molecule has 0 atom stereocenters. The van der Waals surface area contributed by atoms with E-state index in [9.17, 15) is 0 Å². The lowest BCUT2D eigenvalue weighted by atomic mass is 10.1. The molecule has 0 aromatic heterocycles. The molecule has 70 valence electrons. The summed E-state index contributed by atoms with van der Waals surface area (Å²) in [6.07, 6.45) is 3.67. The van der Waals surface area contributed by atoms with Crippen LogP contribution in [0.25, 0.3) is 6.08 Å². The molecule has 0 aliphatic carbocycles. The van der Waals surface area contributed by atoms with Gasteiger partial charge in [-0.3, -0.25) is 0 Å². The maximum absolute atomic E-state index is 8.64. The fourth-order valence-electron chi connectivity index (χ4n) is 1.20. The highest BCUT2D eigenvalue weighted by Gasteiger charge is 2.01. The van der Waals surface area contributed by atoms with E-state index in [1.165, 1.54) is 11.1 Å². The van der Waals surface area contributed by atoms with Gasteiger partial charge in [0.1, 0.15) is 0 Å². The van der Waals surface area contributed by atoms with Gasteiger partial charge in [-0.1, -0.05) is 40.2 Å². The Balaban J connectivity index is 3.11. The zero-order valence-corrected chi connectivity index (χ0v) is 9.43. The smallest absolute Gasteiger partial charge is 0.0615 e. The van der Waals surface area contributed by atoms with Crippen LogP contribution in [0.4, 0.5) is 0 Å². The average Bonchev–Trinajstić information content (AvgIpc) is 2.13. The van der Waals surface area contributed by atoms with Gasteiger partial charge >= 0.3 is 0 Å². The Hall–Kier alpha value is -0.600. The Kier molecular flexibility index (Phi) is 3.70. The third-order valence-corrected chi connectivity index (χ3v) is 3.24. The number of aryl methyl sites for hydroxylation is 1. The van der Waals surface area contributed by atoms with Crippen LogP contribution in [0.1, 0.15) is 16.7 Å². The van der Waals surface area contributed by atoms with Crippen molar-refractivity contribution in [1.29, 1.82) is 0 Å². The number of rotatable bonds is 2. The van der Waals surface area contributed by atoms with Gasteiger partial charge in [-0.25, -0.2) is 0 Å².